The summed E-state index contributed by atoms with van der Waals surface area (Å²) in [5, 5.41) is 3.95. The molecule has 1 aromatic heterocycles. The van der Waals surface area contributed by atoms with E-state index in [9.17, 15) is 0 Å². The summed E-state index contributed by atoms with van der Waals surface area (Å²) < 4.78 is 1.92. The molecule has 0 saturated carbocycles. The number of anilines is 3. The molecular weight excluding hydrogens is 346 g/mol. The van der Waals surface area contributed by atoms with Gasteiger partial charge in [-0.1, -0.05) is 11.6 Å². The summed E-state index contributed by atoms with van der Waals surface area (Å²) in [5.41, 5.74) is 11.2. The molecule has 0 fully saturated rings. The van der Waals surface area contributed by atoms with Gasteiger partial charge < -0.3 is 11.1 Å². The Morgan fingerprint density at radius 3 is 2.89 bits per heavy atom. The fraction of sp³-hybridized carbons (Fsp3) is 0. The molecule has 19 heavy (non-hydrogen) atoms. The maximum Gasteiger partial charge on any atom is 0.106 e. The van der Waals surface area contributed by atoms with Crippen LogP contribution in [0.1, 0.15) is 0 Å². The number of benzene rings is 2. The predicted octanol–water partition coefficient (Wildman–Crippen LogP) is 5.04. The highest BCUT2D eigenvalue weighted by Crippen LogP contribution is 2.33. The molecular formula is C13H9BrClN3S. The maximum atomic E-state index is 6.12. The molecule has 1 heterocycles. The molecule has 0 amide bonds. The molecule has 0 aliphatic carbocycles. The zero-order valence-electron chi connectivity index (χ0n) is 9.65. The number of fused-ring (bicyclic) bond motifs is 1. The van der Waals surface area contributed by atoms with Crippen molar-refractivity contribution in [2.24, 2.45) is 0 Å². The Balaban J connectivity index is 2.00. The summed E-state index contributed by atoms with van der Waals surface area (Å²) in [5.74, 6) is 0. The van der Waals surface area contributed by atoms with E-state index in [1.54, 1.807) is 16.8 Å². The van der Waals surface area contributed by atoms with E-state index in [2.05, 4.69) is 26.2 Å². The summed E-state index contributed by atoms with van der Waals surface area (Å²) in [6.07, 6.45) is 0. The Bertz CT molecular complexity index is 757. The minimum absolute atomic E-state index is 0.657. The molecule has 0 aliphatic rings. The molecule has 0 aliphatic heterocycles. The van der Waals surface area contributed by atoms with E-state index in [4.69, 9.17) is 17.3 Å². The fourth-order valence-corrected chi connectivity index (χ4v) is 2.98. The van der Waals surface area contributed by atoms with Crippen LogP contribution < -0.4 is 11.1 Å². The molecule has 0 atom stereocenters. The van der Waals surface area contributed by atoms with Gasteiger partial charge in [0.1, 0.15) is 5.52 Å². The summed E-state index contributed by atoms with van der Waals surface area (Å²) in [6, 6.07) is 9.60. The van der Waals surface area contributed by atoms with Crippen LogP contribution in [0.4, 0.5) is 17.1 Å². The lowest BCUT2D eigenvalue weighted by molar-refractivity contribution is 1.48. The number of aromatic nitrogens is 1. The monoisotopic (exact) mass is 353 g/mol. The highest BCUT2D eigenvalue weighted by Gasteiger charge is 2.07. The molecule has 0 unspecified atom stereocenters. The Labute approximate surface area is 127 Å². The molecule has 96 valence electrons. The number of halogens is 2. The first-order valence-corrected chi connectivity index (χ1v) is 7.54. The van der Waals surface area contributed by atoms with Gasteiger partial charge in [-0.3, -0.25) is 0 Å². The Morgan fingerprint density at radius 2 is 2.11 bits per heavy atom. The van der Waals surface area contributed by atoms with E-state index >= 15 is 0 Å². The number of rotatable bonds is 2. The van der Waals surface area contributed by atoms with Crippen LogP contribution in [0.5, 0.6) is 0 Å². The van der Waals surface area contributed by atoms with Gasteiger partial charge in [0.25, 0.3) is 0 Å². The van der Waals surface area contributed by atoms with Crippen molar-refractivity contribution in [1.29, 1.82) is 0 Å². The number of nitrogens with zero attached hydrogens (tertiary/aromatic N) is 1. The number of thiazole rings is 1. The van der Waals surface area contributed by atoms with Crippen molar-refractivity contribution in [2.45, 2.75) is 0 Å². The second kappa shape index (κ2) is 5.00. The van der Waals surface area contributed by atoms with Crippen LogP contribution in [0.2, 0.25) is 5.02 Å². The van der Waals surface area contributed by atoms with Crippen molar-refractivity contribution < 1.29 is 0 Å². The van der Waals surface area contributed by atoms with Gasteiger partial charge in [-0.2, -0.15) is 0 Å². The number of nitrogens with one attached hydrogen (secondary N) is 1. The molecule has 0 bridgehead atoms. The second-order valence-electron chi connectivity index (χ2n) is 3.98. The average molecular weight is 355 g/mol. The summed E-state index contributed by atoms with van der Waals surface area (Å²) >= 11 is 10.9. The predicted molar refractivity (Wildman–Crippen MR) is 86.5 cm³/mol. The average Bonchev–Trinajstić information content (AvgIpc) is 2.86. The van der Waals surface area contributed by atoms with Crippen LogP contribution in [0.15, 0.2) is 40.3 Å². The van der Waals surface area contributed by atoms with Crippen LogP contribution in [0.25, 0.3) is 10.2 Å². The molecule has 6 heteroatoms. The second-order valence-corrected chi connectivity index (χ2v) is 6.13. The van der Waals surface area contributed by atoms with E-state index in [1.807, 2.05) is 30.3 Å². The van der Waals surface area contributed by atoms with Gasteiger partial charge in [-0.05, 0) is 46.3 Å². The normalized spacial score (nSPS) is 10.8. The third-order valence-electron chi connectivity index (χ3n) is 2.74. The minimum atomic E-state index is 0.657. The van der Waals surface area contributed by atoms with Gasteiger partial charge in [0.2, 0.25) is 0 Å². The maximum absolute atomic E-state index is 6.12. The van der Waals surface area contributed by atoms with E-state index in [-0.39, 0.29) is 0 Å². The van der Waals surface area contributed by atoms with E-state index < -0.39 is 0 Å². The van der Waals surface area contributed by atoms with Crippen LogP contribution in [-0.4, -0.2) is 4.98 Å². The van der Waals surface area contributed by atoms with Gasteiger partial charge in [-0.25, -0.2) is 4.98 Å². The van der Waals surface area contributed by atoms with Gasteiger partial charge in [0.15, 0.2) is 0 Å². The molecule has 3 nitrogen and oxygen atoms in total. The van der Waals surface area contributed by atoms with Crippen molar-refractivity contribution in [3.63, 3.8) is 0 Å². The lowest BCUT2D eigenvalue weighted by Crippen LogP contribution is -1.97. The number of hydrogen-bond acceptors (Lipinski definition) is 4. The largest absolute Gasteiger partial charge is 0.395 e. The lowest BCUT2D eigenvalue weighted by Gasteiger charge is -2.10. The van der Waals surface area contributed by atoms with Crippen LogP contribution in [0.3, 0.4) is 0 Å². The number of nitrogen functional groups attached to an aromatic ring is 1. The zero-order chi connectivity index (χ0) is 13.4. The highest BCUT2D eigenvalue weighted by molar-refractivity contribution is 9.10. The molecule has 3 N–H and O–H groups in total. The molecule has 2 aromatic carbocycles. The SMILES string of the molecule is Nc1c(Nc2ccc(Cl)c(Br)c2)ccc2scnc12. The van der Waals surface area contributed by atoms with Crippen molar-refractivity contribution in [2.75, 3.05) is 11.1 Å². The van der Waals surface area contributed by atoms with Crippen molar-refractivity contribution in [3.8, 4) is 0 Å². The standard InChI is InChI=1S/C13H9BrClN3S/c14-8-5-7(1-2-9(8)15)18-10-3-4-11-13(12(10)16)17-6-19-11/h1-6,18H,16H2. The van der Waals surface area contributed by atoms with Crippen molar-refractivity contribution in [1.82, 2.24) is 4.98 Å². The smallest absolute Gasteiger partial charge is 0.106 e. The first kappa shape index (κ1) is 12.7. The highest BCUT2D eigenvalue weighted by atomic mass is 79.9. The molecule has 3 aromatic rings. The Kier molecular flexibility index (Phi) is 3.35. The van der Waals surface area contributed by atoms with E-state index in [0.717, 1.165) is 26.1 Å². The van der Waals surface area contributed by atoms with Crippen LogP contribution in [0, 0.1) is 0 Å². The van der Waals surface area contributed by atoms with Crippen LogP contribution >= 0.6 is 38.9 Å². The van der Waals surface area contributed by atoms with Gasteiger partial charge in [-0.15, -0.1) is 11.3 Å². The summed E-state index contributed by atoms with van der Waals surface area (Å²) in [7, 11) is 0. The first-order valence-electron chi connectivity index (χ1n) is 5.49. The van der Waals surface area contributed by atoms with Crippen molar-refractivity contribution in [3.05, 3.63) is 45.3 Å². The molecule has 0 radical (unpaired) electrons. The quantitative estimate of drug-likeness (QED) is 0.634. The molecule has 0 saturated heterocycles. The third-order valence-corrected chi connectivity index (χ3v) is 4.75. The molecule has 0 spiro atoms. The number of nitrogens with two attached hydrogens (primary N) is 1. The Morgan fingerprint density at radius 1 is 1.26 bits per heavy atom. The topological polar surface area (TPSA) is 50.9 Å². The zero-order valence-corrected chi connectivity index (χ0v) is 12.8. The van der Waals surface area contributed by atoms with E-state index in [0.29, 0.717) is 10.7 Å². The third kappa shape index (κ3) is 2.41. The lowest BCUT2D eigenvalue weighted by atomic mass is 10.2. The van der Waals surface area contributed by atoms with Gasteiger partial charge in [0.05, 0.1) is 26.6 Å². The van der Waals surface area contributed by atoms with Crippen molar-refractivity contribution >= 4 is 66.1 Å². The summed E-state index contributed by atoms with van der Waals surface area (Å²) in [4.78, 5) is 4.28. The van der Waals surface area contributed by atoms with Gasteiger partial charge in [0, 0.05) is 10.2 Å². The van der Waals surface area contributed by atoms with E-state index in [1.165, 1.54) is 0 Å². The fourth-order valence-electron chi connectivity index (χ4n) is 1.79. The van der Waals surface area contributed by atoms with Crippen LogP contribution in [-0.2, 0) is 0 Å². The first-order chi connectivity index (χ1) is 9.15. The Hall–Kier alpha value is -1.30. The minimum Gasteiger partial charge on any atom is -0.395 e. The molecule has 3 rings (SSSR count). The number of hydrogen-bond donors (Lipinski definition) is 2. The summed E-state index contributed by atoms with van der Waals surface area (Å²) in [6.45, 7) is 0. The van der Waals surface area contributed by atoms with Gasteiger partial charge >= 0.3 is 0 Å².